The number of rotatable bonds is 13. The summed E-state index contributed by atoms with van der Waals surface area (Å²) in [4.78, 5) is 39.0. The molecule has 10 heteroatoms. The number of methoxy groups -OCH3 is 1. The van der Waals surface area contributed by atoms with Crippen LogP contribution < -0.4 is 14.8 Å². The Hall–Kier alpha value is -4.47. The van der Waals surface area contributed by atoms with Crippen molar-refractivity contribution in [2.75, 3.05) is 13.7 Å². The van der Waals surface area contributed by atoms with Gasteiger partial charge in [-0.05, 0) is 31.0 Å². The number of hydrogen-bond donors (Lipinski definition) is 1. The van der Waals surface area contributed by atoms with Gasteiger partial charge in [0, 0.05) is 36.7 Å². The fourth-order valence-corrected chi connectivity index (χ4v) is 3.93. The lowest BCUT2D eigenvalue weighted by molar-refractivity contribution is -0.385. The summed E-state index contributed by atoms with van der Waals surface area (Å²) in [5.74, 6) is -1.29. The molecule has 0 aliphatic carbocycles. The maximum absolute atomic E-state index is 14.7. The summed E-state index contributed by atoms with van der Waals surface area (Å²) >= 11 is 0. The van der Waals surface area contributed by atoms with E-state index in [1.165, 1.54) is 36.3 Å². The van der Waals surface area contributed by atoms with E-state index in [1.807, 2.05) is 44.2 Å². The molecule has 3 aromatic rings. The molecule has 206 valence electrons. The molecule has 0 saturated carbocycles. The molecule has 0 heterocycles. The third-order valence-electron chi connectivity index (χ3n) is 6.28. The van der Waals surface area contributed by atoms with Crippen LogP contribution in [0.4, 0.5) is 10.1 Å². The number of amides is 2. The Bertz CT molecular complexity index is 1290. The van der Waals surface area contributed by atoms with Gasteiger partial charge < -0.3 is 19.7 Å². The Morgan fingerprint density at radius 2 is 1.77 bits per heavy atom. The van der Waals surface area contributed by atoms with E-state index in [0.29, 0.717) is 6.42 Å². The average Bonchev–Trinajstić information content (AvgIpc) is 2.94. The van der Waals surface area contributed by atoms with Crippen molar-refractivity contribution in [2.24, 2.45) is 0 Å². The Morgan fingerprint density at radius 3 is 2.41 bits per heavy atom. The van der Waals surface area contributed by atoms with Crippen molar-refractivity contribution < 1.29 is 28.4 Å². The SMILES string of the molecule is CC[C@@H](C)NC(=O)[C@@H](Cc1ccccc1)N(Cc1ccccc1F)C(=O)COc1ccc([N+](=O)[O-])c(OC)c1. The van der Waals surface area contributed by atoms with Gasteiger partial charge in [-0.2, -0.15) is 0 Å². The van der Waals surface area contributed by atoms with Gasteiger partial charge in [-0.1, -0.05) is 55.5 Å². The molecule has 39 heavy (non-hydrogen) atoms. The molecule has 2 amide bonds. The van der Waals surface area contributed by atoms with Gasteiger partial charge in [0.25, 0.3) is 5.91 Å². The molecule has 0 bridgehead atoms. The molecule has 0 aliphatic rings. The number of carbonyl (C=O) groups excluding carboxylic acids is 2. The topological polar surface area (TPSA) is 111 Å². The van der Waals surface area contributed by atoms with Crippen LogP contribution in [-0.4, -0.2) is 47.4 Å². The number of hydrogen-bond acceptors (Lipinski definition) is 6. The predicted octanol–water partition coefficient (Wildman–Crippen LogP) is 4.68. The molecule has 3 rings (SSSR count). The van der Waals surface area contributed by atoms with Crippen LogP contribution in [0.25, 0.3) is 0 Å². The second kappa shape index (κ2) is 13.9. The van der Waals surface area contributed by atoms with Crippen molar-refractivity contribution in [3.63, 3.8) is 0 Å². The smallest absolute Gasteiger partial charge is 0.311 e. The highest BCUT2D eigenvalue weighted by Crippen LogP contribution is 2.31. The highest BCUT2D eigenvalue weighted by atomic mass is 19.1. The molecule has 0 saturated heterocycles. The second-order valence-electron chi connectivity index (χ2n) is 9.02. The first-order valence-corrected chi connectivity index (χ1v) is 12.6. The van der Waals surface area contributed by atoms with Gasteiger partial charge >= 0.3 is 5.69 Å². The Labute approximate surface area is 226 Å². The first kappa shape index (κ1) is 29.1. The summed E-state index contributed by atoms with van der Waals surface area (Å²) in [7, 11) is 1.29. The van der Waals surface area contributed by atoms with Crippen molar-refractivity contribution in [2.45, 2.75) is 45.3 Å². The minimum Gasteiger partial charge on any atom is -0.490 e. The Morgan fingerprint density at radius 1 is 1.08 bits per heavy atom. The third kappa shape index (κ3) is 8.00. The maximum atomic E-state index is 14.7. The van der Waals surface area contributed by atoms with E-state index in [-0.39, 0.29) is 47.7 Å². The van der Waals surface area contributed by atoms with Gasteiger partial charge in [-0.15, -0.1) is 0 Å². The lowest BCUT2D eigenvalue weighted by Gasteiger charge is -2.32. The van der Waals surface area contributed by atoms with Gasteiger partial charge in [0.05, 0.1) is 12.0 Å². The quantitative estimate of drug-likeness (QED) is 0.250. The largest absolute Gasteiger partial charge is 0.490 e. The summed E-state index contributed by atoms with van der Waals surface area (Å²) in [6.45, 7) is 3.15. The molecule has 0 unspecified atom stereocenters. The van der Waals surface area contributed by atoms with E-state index in [4.69, 9.17) is 9.47 Å². The van der Waals surface area contributed by atoms with Crippen molar-refractivity contribution >= 4 is 17.5 Å². The zero-order valence-electron chi connectivity index (χ0n) is 22.1. The van der Waals surface area contributed by atoms with E-state index >= 15 is 0 Å². The van der Waals surface area contributed by atoms with E-state index in [1.54, 1.807) is 18.2 Å². The minimum atomic E-state index is -0.955. The highest BCUT2D eigenvalue weighted by molar-refractivity contribution is 5.88. The fourth-order valence-electron chi connectivity index (χ4n) is 3.93. The molecule has 0 aromatic heterocycles. The van der Waals surface area contributed by atoms with Crippen LogP contribution in [0.15, 0.2) is 72.8 Å². The molecule has 0 fully saturated rings. The zero-order chi connectivity index (χ0) is 28.4. The number of nitro benzene ring substituents is 1. The number of ether oxygens (including phenoxy) is 2. The van der Waals surface area contributed by atoms with Gasteiger partial charge in [0.1, 0.15) is 17.6 Å². The van der Waals surface area contributed by atoms with Gasteiger partial charge in [-0.3, -0.25) is 19.7 Å². The molecule has 1 N–H and O–H groups in total. The maximum Gasteiger partial charge on any atom is 0.311 e. The van der Waals surface area contributed by atoms with Gasteiger partial charge in [0.2, 0.25) is 11.7 Å². The summed E-state index contributed by atoms with van der Waals surface area (Å²) in [5, 5.41) is 14.1. The van der Waals surface area contributed by atoms with Crippen molar-refractivity contribution in [1.82, 2.24) is 10.2 Å². The van der Waals surface area contributed by atoms with Crippen LogP contribution in [-0.2, 0) is 22.6 Å². The van der Waals surface area contributed by atoms with Crippen molar-refractivity contribution in [3.8, 4) is 11.5 Å². The molecular weight excluding hydrogens is 505 g/mol. The molecule has 3 aromatic carbocycles. The first-order chi connectivity index (χ1) is 18.7. The Balaban J connectivity index is 1.93. The van der Waals surface area contributed by atoms with Crippen LogP contribution in [0.5, 0.6) is 11.5 Å². The number of nitrogens with zero attached hydrogens (tertiary/aromatic N) is 2. The lowest BCUT2D eigenvalue weighted by atomic mass is 10.0. The molecule has 0 radical (unpaired) electrons. The summed E-state index contributed by atoms with van der Waals surface area (Å²) in [6.07, 6.45) is 0.894. The van der Waals surface area contributed by atoms with Crippen molar-refractivity contribution in [3.05, 3.63) is 99.9 Å². The van der Waals surface area contributed by atoms with E-state index in [0.717, 1.165) is 5.56 Å². The standard InChI is InChI=1S/C29H32FN3O6/c1-4-20(2)31-29(35)26(16-21-10-6-5-7-11-21)32(18-22-12-8-9-13-24(22)30)28(34)19-39-23-14-15-25(33(36)37)27(17-23)38-3/h5-15,17,20,26H,4,16,18-19H2,1-3H3,(H,31,35)/t20-,26-/m1/s1. The average molecular weight is 538 g/mol. The van der Waals surface area contributed by atoms with Crippen LogP contribution in [0.1, 0.15) is 31.4 Å². The van der Waals surface area contributed by atoms with Crippen molar-refractivity contribution in [1.29, 1.82) is 0 Å². The van der Waals surface area contributed by atoms with Crippen LogP contribution in [0.3, 0.4) is 0 Å². The Kier molecular flexibility index (Phi) is 10.4. The van der Waals surface area contributed by atoms with E-state index in [2.05, 4.69) is 5.32 Å². The molecular formula is C29H32FN3O6. The lowest BCUT2D eigenvalue weighted by Crippen LogP contribution is -2.53. The molecule has 2 atom stereocenters. The van der Waals surface area contributed by atoms with Crippen LogP contribution in [0.2, 0.25) is 0 Å². The third-order valence-corrected chi connectivity index (χ3v) is 6.28. The molecule has 9 nitrogen and oxygen atoms in total. The minimum absolute atomic E-state index is 0.0250. The zero-order valence-corrected chi connectivity index (χ0v) is 22.1. The number of carbonyl (C=O) groups is 2. The highest BCUT2D eigenvalue weighted by Gasteiger charge is 2.32. The normalized spacial score (nSPS) is 12.2. The predicted molar refractivity (Wildman–Crippen MR) is 144 cm³/mol. The fraction of sp³-hybridized carbons (Fsp3) is 0.310. The second-order valence-corrected chi connectivity index (χ2v) is 9.02. The number of benzene rings is 3. The van der Waals surface area contributed by atoms with E-state index in [9.17, 15) is 24.1 Å². The number of halogens is 1. The van der Waals surface area contributed by atoms with Crippen LogP contribution in [0, 0.1) is 15.9 Å². The first-order valence-electron chi connectivity index (χ1n) is 12.6. The van der Waals surface area contributed by atoms with Gasteiger partial charge in [-0.25, -0.2) is 4.39 Å². The number of nitro groups is 1. The number of nitrogens with one attached hydrogen (secondary N) is 1. The summed E-state index contributed by atoms with van der Waals surface area (Å²) in [6, 6.07) is 18.1. The summed E-state index contributed by atoms with van der Waals surface area (Å²) in [5.41, 5.74) is 0.827. The van der Waals surface area contributed by atoms with Gasteiger partial charge in [0.15, 0.2) is 6.61 Å². The molecule has 0 spiro atoms. The summed E-state index contributed by atoms with van der Waals surface area (Å²) < 4.78 is 25.4. The molecule has 0 aliphatic heterocycles. The van der Waals surface area contributed by atoms with Crippen LogP contribution >= 0.6 is 0 Å². The monoisotopic (exact) mass is 537 g/mol. The van der Waals surface area contributed by atoms with E-state index < -0.39 is 29.3 Å².